The van der Waals surface area contributed by atoms with Crippen molar-refractivity contribution >= 4 is 66.2 Å². The van der Waals surface area contributed by atoms with Gasteiger partial charge in [-0.05, 0) is 61.4 Å². The number of hydrogen-bond acceptors (Lipinski definition) is 5. The van der Waals surface area contributed by atoms with Crippen molar-refractivity contribution in [2.24, 2.45) is 0 Å². The lowest BCUT2D eigenvalue weighted by atomic mass is 9.96. The molecule has 0 aliphatic carbocycles. The number of carbonyl (C=O) groups is 2. The van der Waals surface area contributed by atoms with Crippen LogP contribution in [0.25, 0.3) is 10.2 Å². The third kappa shape index (κ3) is 4.80. The number of nitrogens with zero attached hydrogens (tertiary/aromatic N) is 2. The number of aryl methyl sites for hydroxylation is 2. The average Bonchev–Trinajstić information content (AvgIpc) is 3.24. The first kappa shape index (κ1) is 24.9. The number of pyridine rings is 1. The van der Waals surface area contributed by atoms with Gasteiger partial charge in [0.25, 0.3) is 5.91 Å². The molecule has 0 saturated heterocycles. The summed E-state index contributed by atoms with van der Waals surface area (Å²) in [6, 6.07) is 26.3. The molecule has 0 saturated carbocycles. The van der Waals surface area contributed by atoms with Crippen LogP contribution in [0.5, 0.6) is 0 Å². The van der Waals surface area contributed by atoms with Gasteiger partial charge < -0.3 is 5.73 Å². The molecule has 2 heterocycles. The van der Waals surface area contributed by atoms with Gasteiger partial charge in [-0.2, -0.15) is 0 Å². The van der Waals surface area contributed by atoms with E-state index in [2.05, 4.69) is 15.9 Å². The highest BCUT2D eigenvalue weighted by molar-refractivity contribution is 9.10. The summed E-state index contributed by atoms with van der Waals surface area (Å²) < 4.78 is 0.919. The Hall–Kier alpha value is -3.81. The topological polar surface area (TPSA) is 76.3 Å². The van der Waals surface area contributed by atoms with Gasteiger partial charge in [0, 0.05) is 38.9 Å². The van der Waals surface area contributed by atoms with E-state index in [1.807, 2.05) is 86.6 Å². The van der Waals surface area contributed by atoms with Gasteiger partial charge >= 0.3 is 0 Å². The molecule has 3 aromatic carbocycles. The molecule has 2 N–H and O–H groups in total. The van der Waals surface area contributed by atoms with Crippen molar-refractivity contribution in [1.29, 1.82) is 0 Å². The summed E-state index contributed by atoms with van der Waals surface area (Å²) in [4.78, 5) is 34.6. The number of hydrogen-bond donors (Lipinski definition) is 1. The number of anilines is 3. The Morgan fingerprint density at radius 3 is 2.03 bits per heavy atom. The fourth-order valence-corrected chi connectivity index (χ4v) is 5.87. The van der Waals surface area contributed by atoms with Crippen LogP contribution in [-0.4, -0.2) is 16.7 Å². The number of nitrogens with two attached hydrogens (primary N) is 1. The summed E-state index contributed by atoms with van der Waals surface area (Å²) >= 11 is 4.69. The summed E-state index contributed by atoms with van der Waals surface area (Å²) in [6.07, 6.45) is 0.209. The zero-order valence-corrected chi connectivity index (χ0v) is 22.8. The van der Waals surface area contributed by atoms with Crippen LogP contribution < -0.4 is 10.6 Å². The van der Waals surface area contributed by atoms with E-state index in [0.717, 1.165) is 38.1 Å². The van der Waals surface area contributed by atoms with E-state index in [-0.39, 0.29) is 18.1 Å². The standard InChI is InChI=1S/C30H24BrN3O2S/c1-18-24(17-25(35)20-13-15-21(31)16-14-20)19(2)33-29-26(18)27(32)28(37-29)30(36)34(22-9-5-3-6-10-22)23-11-7-4-8-12-23/h3-16H,17,32H2,1-2H3. The normalized spacial score (nSPS) is 11.0. The van der Waals surface area contributed by atoms with Crippen LogP contribution >= 0.6 is 27.3 Å². The lowest BCUT2D eigenvalue weighted by Crippen LogP contribution is -2.25. The molecule has 37 heavy (non-hydrogen) atoms. The molecule has 0 spiro atoms. The maximum absolute atomic E-state index is 14.0. The third-order valence-corrected chi connectivity index (χ3v) is 8.01. The van der Waals surface area contributed by atoms with Crippen LogP contribution in [0.4, 0.5) is 17.1 Å². The maximum Gasteiger partial charge on any atom is 0.275 e. The largest absolute Gasteiger partial charge is 0.397 e. The number of carbonyl (C=O) groups excluding carboxylic acids is 2. The number of Topliss-reactive ketones (excluding diaryl/α,β-unsaturated/α-hetero) is 1. The molecule has 2 aromatic heterocycles. The second kappa shape index (κ2) is 10.3. The third-order valence-electron chi connectivity index (χ3n) is 6.39. The second-order valence-electron chi connectivity index (χ2n) is 8.74. The molecule has 5 nitrogen and oxygen atoms in total. The first-order valence-corrected chi connectivity index (χ1v) is 13.4. The van der Waals surface area contributed by atoms with Gasteiger partial charge in [0.1, 0.15) is 9.71 Å². The summed E-state index contributed by atoms with van der Waals surface area (Å²) in [6.45, 7) is 3.85. The Balaban J connectivity index is 1.57. The number of thiophene rings is 1. The summed E-state index contributed by atoms with van der Waals surface area (Å²) in [5, 5.41) is 0.735. The van der Waals surface area contributed by atoms with Crippen molar-refractivity contribution in [2.75, 3.05) is 10.6 Å². The molecule has 7 heteroatoms. The van der Waals surface area contributed by atoms with Crippen molar-refractivity contribution in [3.05, 3.63) is 117 Å². The fourth-order valence-electron chi connectivity index (χ4n) is 4.47. The maximum atomic E-state index is 14.0. The summed E-state index contributed by atoms with van der Waals surface area (Å²) in [7, 11) is 0. The zero-order chi connectivity index (χ0) is 26.1. The lowest BCUT2D eigenvalue weighted by molar-refractivity contribution is 0.0988. The van der Waals surface area contributed by atoms with E-state index in [0.29, 0.717) is 21.0 Å². The van der Waals surface area contributed by atoms with E-state index in [9.17, 15) is 9.59 Å². The predicted molar refractivity (Wildman–Crippen MR) is 155 cm³/mol. The van der Waals surface area contributed by atoms with E-state index >= 15 is 0 Å². The molecule has 0 aliphatic rings. The number of ketones is 1. The molecular formula is C30H24BrN3O2S. The lowest BCUT2D eigenvalue weighted by Gasteiger charge is -2.22. The number of rotatable bonds is 6. The molecular weight excluding hydrogens is 546 g/mol. The van der Waals surface area contributed by atoms with Gasteiger partial charge in [-0.1, -0.05) is 64.5 Å². The van der Waals surface area contributed by atoms with Crippen LogP contribution in [0.1, 0.15) is 36.9 Å². The van der Waals surface area contributed by atoms with E-state index in [1.165, 1.54) is 11.3 Å². The first-order valence-electron chi connectivity index (χ1n) is 11.8. The van der Waals surface area contributed by atoms with Crippen molar-refractivity contribution < 1.29 is 9.59 Å². The number of fused-ring (bicyclic) bond motifs is 1. The molecule has 0 bridgehead atoms. The molecule has 5 rings (SSSR count). The zero-order valence-electron chi connectivity index (χ0n) is 20.4. The number of benzene rings is 3. The van der Waals surface area contributed by atoms with Gasteiger partial charge in [-0.15, -0.1) is 11.3 Å². The second-order valence-corrected chi connectivity index (χ2v) is 10.7. The Morgan fingerprint density at radius 1 is 0.892 bits per heavy atom. The van der Waals surface area contributed by atoms with E-state index in [4.69, 9.17) is 10.7 Å². The quantitative estimate of drug-likeness (QED) is 0.213. The molecule has 0 radical (unpaired) electrons. The minimum Gasteiger partial charge on any atom is -0.397 e. The Morgan fingerprint density at radius 2 is 1.46 bits per heavy atom. The van der Waals surface area contributed by atoms with Crippen molar-refractivity contribution in [2.45, 2.75) is 20.3 Å². The molecule has 184 valence electrons. The highest BCUT2D eigenvalue weighted by Crippen LogP contribution is 2.39. The molecule has 0 fully saturated rings. The van der Waals surface area contributed by atoms with Crippen molar-refractivity contribution in [1.82, 2.24) is 4.98 Å². The number of para-hydroxylation sites is 2. The molecule has 5 aromatic rings. The first-order chi connectivity index (χ1) is 17.8. The summed E-state index contributed by atoms with van der Waals surface area (Å²) in [5.41, 5.74) is 11.7. The fraction of sp³-hybridized carbons (Fsp3) is 0.100. The minimum absolute atomic E-state index is 0.00396. The van der Waals surface area contributed by atoms with E-state index < -0.39 is 0 Å². The monoisotopic (exact) mass is 569 g/mol. The van der Waals surface area contributed by atoms with Crippen LogP contribution in [0.2, 0.25) is 0 Å². The number of aromatic nitrogens is 1. The highest BCUT2D eigenvalue weighted by atomic mass is 79.9. The van der Waals surface area contributed by atoms with Crippen LogP contribution in [0, 0.1) is 13.8 Å². The smallest absolute Gasteiger partial charge is 0.275 e. The Bertz CT molecular complexity index is 1580. The Kier molecular flexibility index (Phi) is 6.91. The van der Waals surface area contributed by atoms with Crippen LogP contribution in [0.3, 0.4) is 0 Å². The molecule has 0 unspecified atom stereocenters. The van der Waals surface area contributed by atoms with Gasteiger partial charge in [0.05, 0.1) is 5.69 Å². The van der Waals surface area contributed by atoms with Crippen molar-refractivity contribution in [3.8, 4) is 0 Å². The SMILES string of the molecule is Cc1nc2sc(C(=O)N(c3ccccc3)c3ccccc3)c(N)c2c(C)c1CC(=O)c1ccc(Br)cc1. The minimum atomic E-state index is -0.220. The molecule has 0 atom stereocenters. The van der Waals surface area contributed by atoms with Crippen LogP contribution in [0.15, 0.2) is 89.4 Å². The van der Waals surface area contributed by atoms with Gasteiger partial charge in [0.15, 0.2) is 5.78 Å². The predicted octanol–water partition coefficient (Wildman–Crippen LogP) is 7.66. The Labute approximate surface area is 227 Å². The molecule has 1 amide bonds. The highest BCUT2D eigenvalue weighted by Gasteiger charge is 2.27. The van der Waals surface area contributed by atoms with Crippen molar-refractivity contribution in [3.63, 3.8) is 0 Å². The van der Waals surface area contributed by atoms with Gasteiger partial charge in [-0.25, -0.2) is 4.98 Å². The van der Waals surface area contributed by atoms with Gasteiger partial charge in [-0.3, -0.25) is 14.5 Å². The molecule has 0 aliphatic heterocycles. The number of halogens is 1. The van der Waals surface area contributed by atoms with Gasteiger partial charge in [0.2, 0.25) is 0 Å². The van der Waals surface area contributed by atoms with Crippen LogP contribution in [-0.2, 0) is 6.42 Å². The number of amides is 1. The summed E-state index contributed by atoms with van der Waals surface area (Å²) in [5.74, 6) is -0.216. The average molecular weight is 571 g/mol. The van der Waals surface area contributed by atoms with E-state index in [1.54, 1.807) is 17.0 Å². The number of nitrogen functional groups attached to an aromatic ring is 1.